The lowest BCUT2D eigenvalue weighted by Crippen LogP contribution is -2.37. The first-order chi connectivity index (χ1) is 9.51. The number of ether oxygens (including phenoxy) is 2. The maximum atomic E-state index is 12.3. The molecule has 8 heteroatoms. The second-order valence-electron chi connectivity index (χ2n) is 6.38. The van der Waals surface area contributed by atoms with E-state index in [1.54, 1.807) is 27.7 Å². The Morgan fingerprint density at radius 3 is 2.29 bits per heavy atom. The third kappa shape index (κ3) is 2.59. The number of hydrazone groups is 1. The van der Waals surface area contributed by atoms with Crippen LogP contribution in [-0.2, 0) is 19.1 Å². The fraction of sp³-hybridized carbons (Fsp3) is 0.692. The Morgan fingerprint density at radius 2 is 1.81 bits per heavy atom. The largest absolute Gasteiger partial charge is 0.459 e. The van der Waals surface area contributed by atoms with Crippen molar-refractivity contribution >= 4 is 35.0 Å². The summed E-state index contributed by atoms with van der Waals surface area (Å²) in [4.78, 5) is 24.5. The molecule has 21 heavy (non-hydrogen) atoms. The molecular weight excluding hydrogens is 294 g/mol. The van der Waals surface area contributed by atoms with Crippen LogP contribution in [0.25, 0.3) is 0 Å². The molecule has 2 aliphatic rings. The monoisotopic (exact) mass is 313 g/mol. The third-order valence-electron chi connectivity index (χ3n) is 3.93. The molecule has 0 amide bonds. The minimum Gasteiger partial charge on any atom is -0.459 e. The van der Waals surface area contributed by atoms with Crippen molar-refractivity contribution in [3.8, 4) is 0 Å². The van der Waals surface area contributed by atoms with Gasteiger partial charge in [-0.15, -0.1) is 0 Å². The minimum absolute atomic E-state index is 0.0124. The van der Waals surface area contributed by atoms with E-state index in [4.69, 9.17) is 15.2 Å². The number of cyclic esters (lactones) is 2. The summed E-state index contributed by atoms with van der Waals surface area (Å²) in [6.45, 7) is 6.94. The zero-order valence-electron chi connectivity index (χ0n) is 12.5. The van der Waals surface area contributed by atoms with E-state index in [1.807, 2.05) is 0 Å². The van der Waals surface area contributed by atoms with Gasteiger partial charge in [0.15, 0.2) is 16.1 Å². The van der Waals surface area contributed by atoms with Gasteiger partial charge in [-0.1, -0.05) is 0 Å². The van der Waals surface area contributed by atoms with Gasteiger partial charge in [-0.05, 0) is 39.9 Å². The van der Waals surface area contributed by atoms with Gasteiger partial charge in [0.2, 0.25) is 0 Å². The number of nitrogens with one attached hydrogen (secondary N) is 1. The molecule has 3 N–H and O–H groups in total. The van der Waals surface area contributed by atoms with E-state index >= 15 is 0 Å². The summed E-state index contributed by atoms with van der Waals surface area (Å²) >= 11 is 4.68. The van der Waals surface area contributed by atoms with Crippen molar-refractivity contribution in [1.82, 2.24) is 5.43 Å². The predicted octanol–water partition coefficient (Wildman–Crippen LogP) is 0.613. The van der Waals surface area contributed by atoms with Gasteiger partial charge in [0.25, 0.3) is 0 Å². The highest BCUT2D eigenvalue weighted by Crippen LogP contribution is 2.51. The van der Waals surface area contributed by atoms with Crippen LogP contribution in [0.1, 0.15) is 40.5 Å². The molecule has 2 saturated heterocycles. The number of carbonyl (C=O) groups is 2. The smallest absolute Gasteiger partial charge is 0.324 e. The fourth-order valence-corrected chi connectivity index (χ4v) is 2.96. The highest BCUT2D eigenvalue weighted by molar-refractivity contribution is 7.80. The molecule has 0 unspecified atom stereocenters. The average Bonchev–Trinajstić information content (AvgIpc) is 2.71. The molecular formula is C13H19N3O4S. The fourth-order valence-electron chi connectivity index (χ4n) is 2.92. The molecule has 2 fully saturated rings. The molecule has 1 spiro atoms. The number of nitrogens with two attached hydrogens (primary N) is 1. The Bertz CT molecular complexity index is 560. The number of carbonyl (C=O) groups excluding carboxylic acids is 2. The first-order valence-corrected chi connectivity index (χ1v) is 6.99. The van der Waals surface area contributed by atoms with Crippen LogP contribution in [0.5, 0.6) is 0 Å². The summed E-state index contributed by atoms with van der Waals surface area (Å²) in [6, 6.07) is 0. The lowest BCUT2D eigenvalue weighted by molar-refractivity contribution is -0.160. The van der Waals surface area contributed by atoms with Crippen molar-refractivity contribution in [3.63, 3.8) is 0 Å². The van der Waals surface area contributed by atoms with Crippen molar-refractivity contribution in [1.29, 1.82) is 0 Å². The van der Waals surface area contributed by atoms with Crippen LogP contribution in [-0.4, -0.2) is 34.0 Å². The van der Waals surface area contributed by atoms with E-state index in [0.29, 0.717) is 12.1 Å². The molecule has 0 aromatic rings. The third-order valence-corrected chi connectivity index (χ3v) is 4.03. The Hall–Kier alpha value is -1.70. The molecule has 2 rings (SSSR count). The summed E-state index contributed by atoms with van der Waals surface area (Å²) < 4.78 is 10.7. The van der Waals surface area contributed by atoms with E-state index in [1.165, 1.54) is 0 Å². The van der Waals surface area contributed by atoms with Crippen molar-refractivity contribution in [2.45, 2.75) is 51.7 Å². The van der Waals surface area contributed by atoms with Gasteiger partial charge in [-0.25, -0.2) is 0 Å². The highest BCUT2D eigenvalue weighted by atomic mass is 32.1. The van der Waals surface area contributed by atoms with Crippen molar-refractivity contribution < 1.29 is 19.1 Å². The van der Waals surface area contributed by atoms with Crippen LogP contribution in [0.3, 0.4) is 0 Å². The molecule has 0 aliphatic carbocycles. The molecule has 116 valence electrons. The van der Waals surface area contributed by atoms with E-state index in [2.05, 4.69) is 22.7 Å². The summed E-state index contributed by atoms with van der Waals surface area (Å²) in [7, 11) is 0. The molecule has 2 heterocycles. The standard InChI is InChI=1S/C13H19N3O4S/c1-7(15-16-10(14)21)12(4)6-13(9(18)20-12)5-11(2,3)19-8(13)17/h5-6H2,1-4H3,(H3,14,16,21)/t12-,13+/m0/s1. The lowest BCUT2D eigenvalue weighted by Gasteiger charge is -2.22. The topological polar surface area (TPSA) is 103 Å². The van der Waals surface area contributed by atoms with Gasteiger partial charge in [0.05, 0.1) is 5.71 Å². The van der Waals surface area contributed by atoms with Crippen LogP contribution >= 0.6 is 12.2 Å². The number of hydrogen-bond acceptors (Lipinski definition) is 6. The van der Waals surface area contributed by atoms with Gasteiger partial charge in [-0.3, -0.25) is 15.0 Å². The van der Waals surface area contributed by atoms with Gasteiger partial charge in [-0.2, -0.15) is 5.10 Å². The molecule has 0 saturated carbocycles. The first-order valence-electron chi connectivity index (χ1n) is 6.58. The van der Waals surface area contributed by atoms with E-state index < -0.39 is 28.6 Å². The van der Waals surface area contributed by atoms with Gasteiger partial charge < -0.3 is 15.2 Å². The lowest BCUT2D eigenvalue weighted by atomic mass is 9.75. The molecule has 7 nitrogen and oxygen atoms in total. The number of thiocarbonyl (C=S) groups is 1. The predicted molar refractivity (Wildman–Crippen MR) is 79.4 cm³/mol. The molecule has 0 radical (unpaired) electrons. The second kappa shape index (κ2) is 4.66. The molecule has 2 atom stereocenters. The van der Waals surface area contributed by atoms with Crippen molar-refractivity contribution in [2.24, 2.45) is 16.3 Å². The summed E-state index contributed by atoms with van der Waals surface area (Å²) in [5.74, 6) is -1.10. The van der Waals surface area contributed by atoms with Crippen LogP contribution in [0.15, 0.2) is 5.10 Å². The molecule has 0 bridgehead atoms. The Morgan fingerprint density at radius 1 is 1.24 bits per heavy atom. The second-order valence-corrected chi connectivity index (χ2v) is 6.82. The zero-order valence-corrected chi connectivity index (χ0v) is 13.3. The van der Waals surface area contributed by atoms with Crippen LogP contribution < -0.4 is 11.2 Å². The Kier molecular flexibility index (Phi) is 3.48. The number of nitrogens with zero attached hydrogens (tertiary/aromatic N) is 1. The van der Waals surface area contributed by atoms with Crippen LogP contribution in [0.2, 0.25) is 0 Å². The van der Waals surface area contributed by atoms with E-state index in [9.17, 15) is 9.59 Å². The normalized spacial score (nSPS) is 34.8. The Labute approximate surface area is 128 Å². The minimum atomic E-state index is -1.25. The number of esters is 2. The van der Waals surface area contributed by atoms with E-state index in [0.717, 1.165) is 0 Å². The molecule has 2 aliphatic heterocycles. The Balaban J connectivity index is 2.29. The quantitative estimate of drug-likeness (QED) is 0.253. The van der Waals surface area contributed by atoms with Gasteiger partial charge in [0.1, 0.15) is 5.60 Å². The van der Waals surface area contributed by atoms with E-state index in [-0.39, 0.29) is 11.5 Å². The maximum Gasteiger partial charge on any atom is 0.324 e. The number of rotatable bonds is 2. The summed E-state index contributed by atoms with van der Waals surface area (Å²) in [6.07, 6.45) is 0.485. The average molecular weight is 313 g/mol. The maximum absolute atomic E-state index is 12.3. The van der Waals surface area contributed by atoms with Crippen molar-refractivity contribution in [2.75, 3.05) is 0 Å². The van der Waals surface area contributed by atoms with Crippen molar-refractivity contribution in [3.05, 3.63) is 0 Å². The van der Waals surface area contributed by atoms with Crippen LogP contribution in [0, 0.1) is 5.41 Å². The summed E-state index contributed by atoms with van der Waals surface area (Å²) in [5, 5.41) is 4.01. The van der Waals surface area contributed by atoms with Gasteiger partial charge >= 0.3 is 11.9 Å². The first kappa shape index (κ1) is 15.7. The molecule has 0 aromatic carbocycles. The zero-order chi connectivity index (χ0) is 16.1. The SMILES string of the molecule is CC(=NNC(N)=S)[C@]1(C)C[C@@]2(CC(C)(C)OC2=O)C(=O)O1. The highest BCUT2D eigenvalue weighted by Gasteiger charge is 2.67. The summed E-state index contributed by atoms with van der Waals surface area (Å²) in [5.41, 5.74) is 5.34. The molecule has 0 aromatic heterocycles. The van der Waals surface area contributed by atoms with Crippen LogP contribution in [0.4, 0.5) is 0 Å². The van der Waals surface area contributed by atoms with Gasteiger partial charge in [0, 0.05) is 12.8 Å². The number of hydrogen-bond donors (Lipinski definition) is 2.